The van der Waals surface area contributed by atoms with Gasteiger partial charge < -0.3 is 11.2 Å². The summed E-state index contributed by atoms with van der Waals surface area (Å²) in [5.41, 5.74) is 5.88. The zero-order valence-corrected chi connectivity index (χ0v) is 7.17. The zero-order valence-electron chi connectivity index (χ0n) is 7.17. The Morgan fingerprint density at radius 3 is 1.73 bits per heavy atom. The van der Waals surface area contributed by atoms with Crippen LogP contribution in [0.3, 0.4) is 0 Å². The van der Waals surface area contributed by atoms with E-state index in [9.17, 15) is 30.7 Å². The molecule has 3 nitrogen and oxygen atoms in total. The first-order valence-electron chi connectivity index (χ1n) is 3.31. The SMILES string of the molecule is CNN=C(N)C(F)(F)C(F)(F)C(F)(F)F. The molecule has 0 fully saturated rings. The monoisotopic (exact) mass is 241 g/mol. The third-order valence-electron chi connectivity index (χ3n) is 1.30. The summed E-state index contributed by atoms with van der Waals surface area (Å²) < 4.78 is 84.2. The Kier molecular flexibility index (Phi) is 3.43. The van der Waals surface area contributed by atoms with Gasteiger partial charge in [0, 0.05) is 7.05 Å². The van der Waals surface area contributed by atoms with Gasteiger partial charge in [0.25, 0.3) is 0 Å². The summed E-state index contributed by atoms with van der Waals surface area (Å²) in [6.07, 6.45) is -6.41. The Morgan fingerprint density at radius 1 is 1.07 bits per heavy atom. The second-order valence-corrected chi connectivity index (χ2v) is 2.37. The maximum absolute atomic E-state index is 12.5. The van der Waals surface area contributed by atoms with Gasteiger partial charge in [0.15, 0.2) is 5.84 Å². The molecule has 3 N–H and O–H groups in total. The molecule has 0 unspecified atom stereocenters. The van der Waals surface area contributed by atoms with Gasteiger partial charge in [-0.25, -0.2) is 0 Å². The summed E-state index contributed by atoms with van der Waals surface area (Å²) in [5.74, 6) is -14.0. The molecule has 0 bridgehead atoms. The van der Waals surface area contributed by atoms with Crippen LogP contribution in [0.4, 0.5) is 30.7 Å². The molecule has 0 aromatic rings. The van der Waals surface area contributed by atoms with Gasteiger partial charge in [0.1, 0.15) is 0 Å². The Balaban J connectivity index is 5.28. The standard InChI is InChI=1S/C5H6F7N3/c1-14-15-2(13)3(6,7)4(8,9)5(10,11)12/h14H,1H3,(H2,13,15). The van der Waals surface area contributed by atoms with Gasteiger partial charge >= 0.3 is 18.0 Å². The summed E-state index contributed by atoms with van der Waals surface area (Å²) in [6.45, 7) is 0. The van der Waals surface area contributed by atoms with Crippen LogP contribution in [0.5, 0.6) is 0 Å². The average Bonchev–Trinajstić information content (AvgIpc) is 2.02. The number of hydrogen-bond acceptors (Lipinski definition) is 2. The molecule has 0 atom stereocenters. The molecule has 0 heterocycles. The summed E-state index contributed by atoms with van der Waals surface area (Å²) >= 11 is 0. The molecular weight excluding hydrogens is 235 g/mol. The van der Waals surface area contributed by atoms with E-state index in [1.54, 1.807) is 5.43 Å². The molecule has 0 saturated carbocycles. The van der Waals surface area contributed by atoms with Crippen LogP contribution in [0.1, 0.15) is 0 Å². The Bertz CT molecular complexity index is 256. The number of nitrogens with one attached hydrogen (secondary N) is 1. The fraction of sp³-hybridized carbons (Fsp3) is 0.800. The van der Waals surface area contributed by atoms with Gasteiger partial charge in [-0.05, 0) is 0 Å². The number of hydrogen-bond donors (Lipinski definition) is 2. The quantitative estimate of drug-likeness (QED) is 0.339. The summed E-state index contributed by atoms with van der Waals surface area (Å²) in [6, 6.07) is 0. The van der Waals surface area contributed by atoms with Crippen LogP contribution < -0.4 is 11.2 Å². The lowest BCUT2D eigenvalue weighted by atomic mass is 10.1. The minimum atomic E-state index is -6.41. The number of rotatable bonds is 3. The summed E-state index contributed by atoms with van der Waals surface area (Å²) in [5, 5.41) is 2.39. The molecule has 10 heteroatoms. The molecule has 0 aliphatic heterocycles. The highest BCUT2D eigenvalue weighted by atomic mass is 19.4. The van der Waals surface area contributed by atoms with Crippen molar-refractivity contribution in [1.82, 2.24) is 5.43 Å². The predicted octanol–water partition coefficient (Wildman–Crippen LogP) is 1.31. The van der Waals surface area contributed by atoms with Crippen molar-refractivity contribution in [2.24, 2.45) is 10.8 Å². The van der Waals surface area contributed by atoms with Gasteiger partial charge in [-0.1, -0.05) is 0 Å². The molecule has 0 amide bonds. The fourth-order valence-corrected chi connectivity index (χ4v) is 0.530. The van der Waals surface area contributed by atoms with Crippen molar-refractivity contribution in [3.63, 3.8) is 0 Å². The second-order valence-electron chi connectivity index (χ2n) is 2.37. The number of nitrogens with two attached hydrogens (primary N) is 1. The van der Waals surface area contributed by atoms with Crippen LogP contribution in [0.25, 0.3) is 0 Å². The van der Waals surface area contributed by atoms with Gasteiger partial charge in [-0.3, -0.25) is 0 Å². The Morgan fingerprint density at radius 2 is 1.47 bits per heavy atom. The number of amidine groups is 1. The first-order valence-corrected chi connectivity index (χ1v) is 3.31. The highest BCUT2D eigenvalue weighted by molar-refractivity contribution is 5.88. The molecule has 0 aromatic carbocycles. The molecule has 0 radical (unpaired) electrons. The van der Waals surface area contributed by atoms with E-state index in [4.69, 9.17) is 0 Å². The maximum atomic E-state index is 12.5. The third-order valence-corrected chi connectivity index (χ3v) is 1.30. The third kappa shape index (κ3) is 2.23. The lowest BCUT2D eigenvalue weighted by Gasteiger charge is -2.27. The number of nitrogens with zero attached hydrogens (tertiary/aromatic N) is 1. The number of halogens is 7. The highest BCUT2D eigenvalue weighted by Crippen LogP contribution is 2.46. The molecular formula is C5H6F7N3. The van der Waals surface area contributed by atoms with Crippen molar-refractivity contribution in [3.05, 3.63) is 0 Å². The first-order chi connectivity index (χ1) is 6.48. The van der Waals surface area contributed by atoms with Gasteiger partial charge in [-0.15, -0.1) is 0 Å². The summed E-state index contributed by atoms with van der Waals surface area (Å²) in [7, 11) is 0.911. The van der Waals surface area contributed by atoms with Gasteiger partial charge in [0.2, 0.25) is 0 Å². The topological polar surface area (TPSA) is 50.4 Å². The highest BCUT2D eigenvalue weighted by Gasteiger charge is 2.75. The van der Waals surface area contributed by atoms with Crippen molar-refractivity contribution >= 4 is 5.84 Å². The van der Waals surface area contributed by atoms with Crippen molar-refractivity contribution in [2.45, 2.75) is 18.0 Å². The van der Waals surface area contributed by atoms with E-state index in [2.05, 4.69) is 10.8 Å². The van der Waals surface area contributed by atoms with E-state index < -0.39 is 23.9 Å². The van der Waals surface area contributed by atoms with Crippen LogP contribution in [0, 0.1) is 0 Å². The normalized spacial score (nSPS) is 15.3. The lowest BCUT2D eigenvalue weighted by Crippen LogP contribution is -2.58. The molecule has 15 heavy (non-hydrogen) atoms. The van der Waals surface area contributed by atoms with Crippen molar-refractivity contribution in [1.29, 1.82) is 0 Å². The van der Waals surface area contributed by atoms with Crippen LogP contribution in [-0.2, 0) is 0 Å². The van der Waals surface area contributed by atoms with E-state index in [0.29, 0.717) is 0 Å². The van der Waals surface area contributed by atoms with E-state index in [-0.39, 0.29) is 0 Å². The molecule has 0 aliphatic carbocycles. The first kappa shape index (κ1) is 13.8. The molecule has 0 spiro atoms. The van der Waals surface area contributed by atoms with Crippen molar-refractivity contribution < 1.29 is 30.7 Å². The van der Waals surface area contributed by atoms with Crippen LogP contribution >= 0.6 is 0 Å². The molecule has 90 valence electrons. The van der Waals surface area contributed by atoms with Gasteiger partial charge in [-0.2, -0.15) is 35.8 Å². The van der Waals surface area contributed by atoms with Crippen molar-refractivity contribution in [3.8, 4) is 0 Å². The lowest BCUT2D eigenvalue weighted by molar-refractivity contribution is -0.336. The number of hydrazone groups is 1. The maximum Gasteiger partial charge on any atom is 0.460 e. The van der Waals surface area contributed by atoms with Crippen LogP contribution in [0.15, 0.2) is 5.10 Å². The molecule has 0 aromatic heterocycles. The Hall–Kier alpha value is -1.22. The molecule has 0 rings (SSSR count). The number of alkyl halides is 7. The predicted molar refractivity (Wildman–Crippen MR) is 36.6 cm³/mol. The summed E-state index contributed by atoms with van der Waals surface area (Å²) in [4.78, 5) is 0. The smallest absolute Gasteiger partial charge is 0.380 e. The van der Waals surface area contributed by atoms with E-state index in [1.165, 1.54) is 0 Å². The van der Waals surface area contributed by atoms with E-state index in [1.807, 2.05) is 0 Å². The van der Waals surface area contributed by atoms with Crippen LogP contribution in [0.2, 0.25) is 0 Å². The average molecular weight is 241 g/mol. The second kappa shape index (κ2) is 3.74. The Labute approximate surface area is 79.1 Å². The fourth-order valence-electron chi connectivity index (χ4n) is 0.530. The molecule has 0 saturated heterocycles. The van der Waals surface area contributed by atoms with E-state index in [0.717, 1.165) is 7.05 Å². The largest absolute Gasteiger partial charge is 0.460 e. The zero-order chi connectivity index (χ0) is 12.5. The van der Waals surface area contributed by atoms with Crippen molar-refractivity contribution in [2.75, 3.05) is 7.05 Å². The van der Waals surface area contributed by atoms with Crippen LogP contribution in [-0.4, -0.2) is 30.9 Å². The minimum Gasteiger partial charge on any atom is -0.380 e. The minimum absolute atomic E-state index is 0.911. The molecule has 0 aliphatic rings. The van der Waals surface area contributed by atoms with E-state index >= 15 is 0 Å². The van der Waals surface area contributed by atoms with Gasteiger partial charge in [0.05, 0.1) is 0 Å².